The van der Waals surface area contributed by atoms with Crippen molar-refractivity contribution < 1.29 is 29.1 Å². The van der Waals surface area contributed by atoms with Crippen LogP contribution in [0.3, 0.4) is 0 Å². The third kappa shape index (κ3) is 12.2. The van der Waals surface area contributed by atoms with Crippen LogP contribution in [-0.2, 0) is 23.9 Å². The molecule has 0 aliphatic carbocycles. The fourth-order valence-corrected chi connectivity index (χ4v) is 0.424. The Morgan fingerprint density at radius 3 is 1.13 bits per heavy atom. The number of hydroxylamine groups is 2. The van der Waals surface area contributed by atoms with E-state index < -0.39 is 23.8 Å². The van der Waals surface area contributed by atoms with E-state index >= 15 is 0 Å². The van der Waals surface area contributed by atoms with E-state index in [0.717, 1.165) is 13.8 Å². The summed E-state index contributed by atoms with van der Waals surface area (Å²) < 4.78 is 3.97. The molecule has 0 aliphatic heterocycles. The highest BCUT2D eigenvalue weighted by Crippen LogP contribution is 1.80. The van der Waals surface area contributed by atoms with Crippen LogP contribution in [0.5, 0.6) is 0 Å². The van der Waals surface area contributed by atoms with Crippen molar-refractivity contribution >= 4 is 23.8 Å². The number of hydrogen-bond donors (Lipinski definition) is 1. The first-order chi connectivity index (χ1) is 6.68. The van der Waals surface area contributed by atoms with Crippen molar-refractivity contribution in [3.05, 3.63) is 0 Å². The Morgan fingerprint density at radius 2 is 1.13 bits per heavy atom. The number of hydrogen-bond acceptors (Lipinski definition) is 6. The van der Waals surface area contributed by atoms with Crippen LogP contribution in [-0.4, -0.2) is 34.0 Å². The number of imide groups is 1. The molecule has 2 amide bonds. The van der Waals surface area contributed by atoms with E-state index in [1.807, 2.05) is 0 Å². The lowest BCUT2D eigenvalue weighted by atomic mass is 10.6. The van der Waals surface area contributed by atoms with Gasteiger partial charge in [0.2, 0.25) is 11.8 Å². The quantitative estimate of drug-likeness (QED) is 0.263. The highest BCUT2D eigenvalue weighted by molar-refractivity contribution is 5.91. The first kappa shape index (κ1) is 15.7. The Morgan fingerprint density at radius 1 is 0.867 bits per heavy atom. The van der Waals surface area contributed by atoms with Gasteiger partial charge in [0.25, 0.3) is 0 Å². The second-order valence-electron chi connectivity index (χ2n) is 2.44. The Balaban J connectivity index is 0. The van der Waals surface area contributed by atoms with Gasteiger partial charge in [-0.25, -0.2) is 0 Å². The number of carbonyl (C=O) groups is 4. The summed E-state index contributed by atoms with van der Waals surface area (Å²) in [4.78, 5) is 39.7. The molecule has 0 fully saturated rings. The monoisotopic (exact) mass is 219 g/mol. The van der Waals surface area contributed by atoms with Gasteiger partial charge in [0, 0.05) is 27.7 Å². The van der Waals surface area contributed by atoms with Gasteiger partial charge in [0.1, 0.15) is 0 Å². The molecule has 0 saturated heterocycles. The lowest BCUT2D eigenvalue weighted by Crippen LogP contribution is -2.29. The largest absolute Gasteiger partial charge is 0.394 e. The molecular weight excluding hydrogens is 206 g/mol. The van der Waals surface area contributed by atoms with Crippen molar-refractivity contribution in [1.29, 1.82) is 0 Å². The molecule has 0 aromatic carbocycles. The number of nitrogens with zero attached hydrogens (tertiary/aromatic N) is 1. The van der Waals surface area contributed by atoms with Gasteiger partial charge in [-0.15, -0.1) is 0 Å². The van der Waals surface area contributed by atoms with E-state index in [0.29, 0.717) is 0 Å². The maximum atomic E-state index is 10.0. The van der Waals surface area contributed by atoms with Gasteiger partial charge in [-0.05, 0) is 0 Å². The summed E-state index contributed by atoms with van der Waals surface area (Å²) in [7, 11) is 0. The molecule has 15 heavy (non-hydrogen) atoms. The SMILES string of the molecule is CC(=O)N(O)C(C)=O.CC(=O)OC(C)=O. The second-order valence-corrected chi connectivity index (χ2v) is 2.44. The average Bonchev–Trinajstić information content (AvgIpc) is 2.00. The molecule has 0 heterocycles. The van der Waals surface area contributed by atoms with Gasteiger partial charge < -0.3 is 4.74 Å². The van der Waals surface area contributed by atoms with Gasteiger partial charge in [-0.3, -0.25) is 24.4 Å². The summed E-state index contributed by atoms with van der Waals surface area (Å²) in [6, 6.07) is 0. The van der Waals surface area contributed by atoms with Gasteiger partial charge in [0.15, 0.2) is 0 Å². The first-order valence-electron chi connectivity index (χ1n) is 3.87. The molecule has 86 valence electrons. The normalized spacial score (nSPS) is 8.07. The van der Waals surface area contributed by atoms with Gasteiger partial charge in [0.05, 0.1) is 0 Å². The van der Waals surface area contributed by atoms with E-state index in [9.17, 15) is 19.2 Å². The van der Waals surface area contributed by atoms with Crippen molar-refractivity contribution in [2.24, 2.45) is 0 Å². The van der Waals surface area contributed by atoms with E-state index in [1.54, 1.807) is 0 Å². The molecule has 0 bridgehead atoms. The third-order valence-electron chi connectivity index (χ3n) is 0.884. The summed E-state index contributed by atoms with van der Waals surface area (Å²) in [6.45, 7) is 4.56. The lowest BCUT2D eigenvalue weighted by molar-refractivity contribution is -0.175. The van der Waals surface area contributed by atoms with Crippen LogP contribution in [0.1, 0.15) is 27.7 Å². The van der Waals surface area contributed by atoms with E-state index in [-0.39, 0.29) is 5.06 Å². The van der Waals surface area contributed by atoms with Crippen LogP contribution in [0.4, 0.5) is 0 Å². The maximum absolute atomic E-state index is 10.0. The van der Waals surface area contributed by atoms with Crippen LogP contribution >= 0.6 is 0 Å². The highest BCUT2D eigenvalue weighted by atomic mass is 16.6. The van der Waals surface area contributed by atoms with Crippen molar-refractivity contribution in [3.8, 4) is 0 Å². The van der Waals surface area contributed by atoms with Gasteiger partial charge in [-0.2, -0.15) is 5.06 Å². The Hall–Kier alpha value is -1.76. The molecule has 0 atom stereocenters. The molecule has 0 spiro atoms. The lowest BCUT2D eigenvalue weighted by Gasteiger charge is -2.04. The fourth-order valence-electron chi connectivity index (χ4n) is 0.424. The number of rotatable bonds is 0. The number of carbonyl (C=O) groups excluding carboxylic acids is 4. The zero-order valence-corrected chi connectivity index (χ0v) is 8.94. The van der Waals surface area contributed by atoms with Crippen LogP contribution in [0.25, 0.3) is 0 Å². The molecule has 0 rings (SSSR count). The Labute approximate surface area is 86.6 Å². The average molecular weight is 219 g/mol. The minimum absolute atomic E-state index is 0.0556. The topological polar surface area (TPSA) is 101 Å². The molecule has 7 heteroatoms. The first-order valence-corrected chi connectivity index (χ1v) is 3.87. The van der Waals surface area contributed by atoms with Crippen molar-refractivity contribution in [2.45, 2.75) is 27.7 Å². The van der Waals surface area contributed by atoms with E-state index in [4.69, 9.17) is 5.21 Å². The second kappa shape index (κ2) is 7.63. The molecule has 0 unspecified atom stereocenters. The minimum Gasteiger partial charge on any atom is -0.394 e. The van der Waals surface area contributed by atoms with Crippen LogP contribution in [0.2, 0.25) is 0 Å². The fraction of sp³-hybridized carbons (Fsp3) is 0.500. The zero-order valence-electron chi connectivity index (χ0n) is 8.94. The maximum Gasteiger partial charge on any atom is 0.310 e. The number of amides is 2. The molecule has 0 aliphatic rings. The number of ether oxygens (including phenoxy) is 1. The standard InChI is InChI=1S/C4H7NO3.C4H6O3/c1-3(6)5(8)4(2)7;1-3(5)7-4(2)6/h8H,1-2H3;1-2H3. The van der Waals surface area contributed by atoms with Crippen LogP contribution in [0, 0.1) is 0 Å². The summed E-state index contributed by atoms with van der Waals surface area (Å²) in [6.07, 6.45) is 0. The van der Waals surface area contributed by atoms with Crippen molar-refractivity contribution in [3.63, 3.8) is 0 Å². The van der Waals surface area contributed by atoms with Crippen molar-refractivity contribution in [1.82, 2.24) is 5.06 Å². The summed E-state index contributed by atoms with van der Waals surface area (Å²) in [5, 5.41) is 8.39. The number of esters is 2. The Bertz CT molecular complexity index is 246. The molecule has 0 radical (unpaired) electrons. The molecule has 1 N–H and O–H groups in total. The Kier molecular flexibility index (Phi) is 7.98. The van der Waals surface area contributed by atoms with Crippen molar-refractivity contribution in [2.75, 3.05) is 0 Å². The van der Waals surface area contributed by atoms with Crippen LogP contribution < -0.4 is 0 Å². The summed E-state index contributed by atoms with van der Waals surface area (Å²) >= 11 is 0. The minimum atomic E-state index is -0.669. The van der Waals surface area contributed by atoms with E-state index in [1.165, 1.54) is 13.8 Å². The van der Waals surface area contributed by atoms with E-state index in [2.05, 4.69) is 4.74 Å². The molecule has 0 aromatic heterocycles. The molecule has 7 nitrogen and oxygen atoms in total. The molecule has 0 aromatic rings. The molecular formula is C8H13NO6. The third-order valence-corrected chi connectivity index (χ3v) is 0.884. The van der Waals surface area contributed by atoms with Gasteiger partial charge in [-0.1, -0.05) is 0 Å². The predicted molar refractivity (Wildman–Crippen MR) is 47.4 cm³/mol. The summed E-state index contributed by atoms with van der Waals surface area (Å²) in [5.41, 5.74) is 0. The molecule has 0 saturated carbocycles. The predicted octanol–water partition coefficient (Wildman–Crippen LogP) is -0.133. The zero-order chi connectivity index (χ0) is 12.6. The highest BCUT2D eigenvalue weighted by Gasteiger charge is 2.07. The smallest absolute Gasteiger partial charge is 0.310 e. The van der Waals surface area contributed by atoms with Crippen LogP contribution in [0.15, 0.2) is 0 Å². The summed E-state index contributed by atoms with van der Waals surface area (Å²) in [5.74, 6) is -2.46. The van der Waals surface area contributed by atoms with Gasteiger partial charge >= 0.3 is 11.9 Å².